The predicted octanol–water partition coefficient (Wildman–Crippen LogP) is 5.76. The minimum atomic E-state index is -4.23. The molecule has 0 aromatic rings. The van der Waals surface area contributed by atoms with Gasteiger partial charge in [-0.1, -0.05) is 26.7 Å². The number of alkyl halides is 3. The van der Waals surface area contributed by atoms with Gasteiger partial charge in [-0.05, 0) is 44.1 Å². The average Bonchev–Trinajstić information content (AvgIpc) is 3.14. The summed E-state index contributed by atoms with van der Waals surface area (Å²) in [5.41, 5.74) is 0. The van der Waals surface area contributed by atoms with Crippen LogP contribution in [0, 0.1) is 23.7 Å². The van der Waals surface area contributed by atoms with Crippen LogP contribution in [-0.4, -0.2) is 31.1 Å². The van der Waals surface area contributed by atoms with Gasteiger partial charge < -0.3 is 14.2 Å². The van der Waals surface area contributed by atoms with Crippen molar-refractivity contribution in [2.45, 2.75) is 90.2 Å². The van der Waals surface area contributed by atoms with Crippen molar-refractivity contribution in [2.75, 3.05) is 6.61 Å². The molecule has 0 spiro atoms. The van der Waals surface area contributed by atoms with Crippen LogP contribution in [0.1, 0.15) is 71.6 Å². The van der Waals surface area contributed by atoms with Crippen molar-refractivity contribution in [1.82, 2.24) is 0 Å². The number of ether oxygens (including phenoxy) is 3. The van der Waals surface area contributed by atoms with E-state index in [2.05, 4.69) is 6.92 Å². The lowest BCUT2D eigenvalue weighted by Crippen LogP contribution is -2.28. The zero-order valence-electron chi connectivity index (χ0n) is 17.4. The van der Waals surface area contributed by atoms with Crippen LogP contribution in [0.4, 0.5) is 13.2 Å². The summed E-state index contributed by atoms with van der Waals surface area (Å²) in [4.78, 5) is 11.8. The molecule has 0 aromatic heterocycles. The van der Waals surface area contributed by atoms with Crippen LogP contribution >= 0.6 is 0 Å². The van der Waals surface area contributed by atoms with Crippen molar-refractivity contribution in [3.05, 3.63) is 11.8 Å². The Bertz CT molecular complexity index is 583. The first-order chi connectivity index (χ1) is 13.8. The largest absolute Gasteiger partial charge is 0.469 e. The second-order valence-corrected chi connectivity index (χ2v) is 8.77. The number of carbonyl (C=O) groups excluding carboxylic acids is 1. The van der Waals surface area contributed by atoms with Gasteiger partial charge in [0, 0.05) is 18.3 Å². The number of fused-ring (bicyclic) bond motifs is 1. The fourth-order valence-corrected chi connectivity index (χ4v) is 4.98. The maximum absolute atomic E-state index is 13.5. The third kappa shape index (κ3) is 5.68. The minimum Gasteiger partial charge on any atom is -0.469 e. The lowest BCUT2D eigenvalue weighted by Gasteiger charge is -2.30. The van der Waals surface area contributed by atoms with Crippen LogP contribution < -0.4 is 0 Å². The second-order valence-electron chi connectivity index (χ2n) is 8.77. The first kappa shape index (κ1) is 22.4. The summed E-state index contributed by atoms with van der Waals surface area (Å²) in [6.45, 7) is 4.57. The van der Waals surface area contributed by atoms with E-state index in [1.54, 1.807) is 6.08 Å². The van der Waals surface area contributed by atoms with Gasteiger partial charge in [0.05, 0.1) is 24.7 Å². The Labute approximate surface area is 171 Å². The molecule has 3 rings (SSSR count). The monoisotopic (exact) mass is 418 g/mol. The van der Waals surface area contributed by atoms with E-state index in [1.807, 2.05) is 6.92 Å². The number of hydrogen-bond acceptors (Lipinski definition) is 4. The lowest BCUT2D eigenvalue weighted by molar-refractivity contribution is -0.176. The molecule has 3 fully saturated rings. The first-order valence-electron chi connectivity index (χ1n) is 11.0. The summed E-state index contributed by atoms with van der Waals surface area (Å²) in [7, 11) is 0. The van der Waals surface area contributed by atoms with Gasteiger partial charge in [-0.2, -0.15) is 13.2 Å². The van der Waals surface area contributed by atoms with Gasteiger partial charge in [0.25, 0.3) is 0 Å². The maximum atomic E-state index is 13.5. The number of halogens is 3. The van der Waals surface area contributed by atoms with Gasteiger partial charge in [0.2, 0.25) is 0 Å². The predicted molar refractivity (Wildman–Crippen MR) is 102 cm³/mol. The smallest absolute Gasteiger partial charge is 0.392 e. The molecule has 7 heteroatoms. The first-order valence-corrected chi connectivity index (χ1v) is 11.0. The summed E-state index contributed by atoms with van der Waals surface area (Å²) in [6, 6.07) is 0. The van der Waals surface area contributed by atoms with Crippen molar-refractivity contribution in [3.63, 3.8) is 0 Å². The molecule has 1 saturated carbocycles. The molecule has 2 saturated heterocycles. The SMILES string of the molecule is CCCCC(CC=C(OC1CCCCO1)[C@@H]1[C@H]2CC(=O)O[C@@H]2C[C@H]1C)C(F)(F)F. The number of rotatable bonds is 8. The Hall–Kier alpha value is -1.24. The summed E-state index contributed by atoms with van der Waals surface area (Å²) in [5.74, 6) is -0.957. The molecular formula is C22H33F3O4. The van der Waals surface area contributed by atoms with E-state index in [9.17, 15) is 18.0 Å². The molecule has 1 aliphatic carbocycles. The van der Waals surface area contributed by atoms with E-state index in [4.69, 9.17) is 14.2 Å². The summed E-state index contributed by atoms with van der Waals surface area (Å²) < 4.78 is 57.8. The Morgan fingerprint density at radius 2 is 2.14 bits per heavy atom. The zero-order valence-corrected chi connectivity index (χ0v) is 17.4. The van der Waals surface area contributed by atoms with Crippen LogP contribution in [0.15, 0.2) is 11.8 Å². The number of carbonyl (C=O) groups is 1. The fraction of sp³-hybridized carbons (Fsp3) is 0.864. The quantitative estimate of drug-likeness (QED) is 0.371. The standard InChI is InChI=1S/C22H33F3O4/c1-3-4-7-15(22(23,24)25)9-10-17(29-20-8-5-6-11-27-20)21-14(2)12-18-16(21)13-19(26)28-18/h10,14-16,18,20-21H,3-9,11-13H2,1-2H3/t14-,15?,16+,18-,20?,21+/m1/s1. The molecule has 3 aliphatic rings. The van der Waals surface area contributed by atoms with Crippen molar-refractivity contribution in [1.29, 1.82) is 0 Å². The third-order valence-electron chi connectivity index (χ3n) is 6.55. The van der Waals surface area contributed by atoms with Crippen LogP contribution in [0.5, 0.6) is 0 Å². The topological polar surface area (TPSA) is 44.8 Å². The van der Waals surface area contributed by atoms with Crippen LogP contribution in [-0.2, 0) is 19.0 Å². The van der Waals surface area contributed by atoms with Crippen molar-refractivity contribution in [3.8, 4) is 0 Å². The maximum Gasteiger partial charge on any atom is 0.392 e. The Balaban J connectivity index is 1.79. The Morgan fingerprint density at radius 1 is 1.34 bits per heavy atom. The molecule has 6 atom stereocenters. The van der Waals surface area contributed by atoms with Crippen LogP contribution in [0.2, 0.25) is 0 Å². The van der Waals surface area contributed by atoms with Crippen LogP contribution in [0.25, 0.3) is 0 Å². The molecule has 4 nitrogen and oxygen atoms in total. The van der Waals surface area contributed by atoms with Gasteiger partial charge in [0.15, 0.2) is 6.29 Å². The van der Waals surface area contributed by atoms with Gasteiger partial charge >= 0.3 is 12.1 Å². The van der Waals surface area contributed by atoms with E-state index in [1.165, 1.54) is 0 Å². The summed E-state index contributed by atoms with van der Waals surface area (Å²) in [6.07, 6.45) is 1.87. The molecule has 0 bridgehead atoms. The summed E-state index contributed by atoms with van der Waals surface area (Å²) in [5, 5.41) is 0. The van der Waals surface area contributed by atoms with Gasteiger partial charge in [-0.15, -0.1) is 0 Å². The van der Waals surface area contributed by atoms with E-state index in [-0.39, 0.29) is 42.7 Å². The zero-order chi connectivity index (χ0) is 21.0. The Kier molecular flexibility index (Phi) is 7.52. The molecule has 2 unspecified atom stereocenters. The molecule has 0 aromatic carbocycles. The van der Waals surface area contributed by atoms with Crippen molar-refractivity contribution >= 4 is 5.97 Å². The second kappa shape index (κ2) is 9.71. The molecule has 0 radical (unpaired) electrons. The molecule has 2 aliphatic heterocycles. The van der Waals surface area contributed by atoms with Crippen molar-refractivity contribution in [2.24, 2.45) is 23.7 Å². The Morgan fingerprint density at radius 3 is 2.79 bits per heavy atom. The van der Waals surface area contributed by atoms with E-state index >= 15 is 0 Å². The van der Waals surface area contributed by atoms with Gasteiger partial charge in [-0.3, -0.25) is 4.79 Å². The number of esters is 1. The molecule has 2 heterocycles. The highest BCUT2D eigenvalue weighted by Gasteiger charge is 2.51. The van der Waals surface area contributed by atoms with E-state index in [0.717, 1.165) is 32.1 Å². The highest BCUT2D eigenvalue weighted by molar-refractivity contribution is 5.72. The van der Waals surface area contributed by atoms with Gasteiger partial charge in [-0.25, -0.2) is 0 Å². The molecule has 0 amide bonds. The minimum absolute atomic E-state index is 0.0210. The van der Waals surface area contributed by atoms with Crippen LogP contribution in [0.3, 0.4) is 0 Å². The van der Waals surface area contributed by atoms with Crippen molar-refractivity contribution < 1.29 is 32.2 Å². The molecule has 166 valence electrons. The third-order valence-corrected chi connectivity index (χ3v) is 6.55. The number of hydrogen-bond donors (Lipinski definition) is 0. The molecular weight excluding hydrogens is 385 g/mol. The molecule has 29 heavy (non-hydrogen) atoms. The highest BCUT2D eigenvalue weighted by Crippen LogP contribution is 2.49. The normalized spacial score (nSPS) is 34.0. The lowest BCUT2D eigenvalue weighted by atomic mass is 9.85. The number of allylic oxidation sites excluding steroid dienone is 2. The highest BCUT2D eigenvalue weighted by atomic mass is 19.4. The average molecular weight is 418 g/mol. The van der Waals surface area contributed by atoms with Gasteiger partial charge in [0.1, 0.15) is 6.10 Å². The molecule has 0 N–H and O–H groups in total. The van der Waals surface area contributed by atoms with E-state index < -0.39 is 18.4 Å². The number of unbranched alkanes of at least 4 members (excludes halogenated alkanes) is 1. The van der Waals surface area contributed by atoms with E-state index in [0.29, 0.717) is 25.2 Å². The fourth-order valence-electron chi connectivity index (χ4n) is 4.98. The summed E-state index contributed by atoms with van der Waals surface area (Å²) >= 11 is 0.